The molecule has 2 fully saturated rings. The number of thiazole rings is 1. The molecule has 0 radical (unpaired) electrons. The number of H-pyrrole nitrogens is 1. The molecule has 1 spiro atoms. The van der Waals surface area contributed by atoms with Gasteiger partial charge in [0.2, 0.25) is 0 Å². The van der Waals surface area contributed by atoms with Gasteiger partial charge in [-0.2, -0.15) is 0 Å². The van der Waals surface area contributed by atoms with E-state index in [9.17, 15) is 4.79 Å². The van der Waals surface area contributed by atoms with E-state index in [4.69, 9.17) is 4.74 Å². The molecule has 5 heterocycles. The van der Waals surface area contributed by atoms with Crippen LogP contribution in [0.15, 0.2) is 24.7 Å². The minimum atomic E-state index is -0.477. The van der Waals surface area contributed by atoms with Crippen LogP contribution in [0.2, 0.25) is 0 Å². The number of nitrogens with zero attached hydrogens (tertiary/aromatic N) is 4. The van der Waals surface area contributed by atoms with Crippen LogP contribution in [-0.4, -0.2) is 56.7 Å². The van der Waals surface area contributed by atoms with Crippen molar-refractivity contribution in [3.05, 3.63) is 29.5 Å². The minimum Gasteiger partial charge on any atom is -0.444 e. The van der Waals surface area contributed by atoms with Gasteiger partial charge in [-0.25, -0.2) is 14.8 Å². The number of nitrogens with one attached hydrogen (secondary N) is 1. The molecule has 0 saturated carbocycles. The van der Waals surface area contributed by atoms with Gasteiger partial charge in [-0.1, -0.05) is 0 Å². The van der Waals surface area contributed by atoms with Crippen molar-refractivity contribution in [1.82, 2.24) is 19.9 Å². The number of rotatable bonds is 2. The van der Waals surface area contributed by atoms with Gasteiger partial charge < -0.3 is 19.5 Å². The molecular formula is C22H27N5O2S. The molecule has 158 valence electrons. The summed E-state index contributed by atoms with van der Waals surface area (Å²) in [6, 6.07) is 2.08. The Morgan fingerprint density at radius 1 is 1.27 bits per heavy atom. The van der Waals surface area contributed by atoms with E-state index in [1.807, 2.05) is 44.3 Å². The normalized spacial score (nSPS) is 21.5. The van der Waals surface area contributed by atoms with Crippen molar-refractivity contribution in [2.24, 2.45) is 0 Å². The van der Waals surface area contributed by atoms with Gasteiger partial charge in [0.25, 0.3) is 0 Å². The first-order valence-corrected chi connectivity index (χ1v) is 11.2. The van der Waals surface area contributed by atoms with Crippen molar-refractivity contribution in [3.8, 4) is 10.6 Å². The second kappa shape index (κ2) is 6.70. The third-order valence-electron chi connectivity index (χ3n) is 6.06. The fourth-order valence-electron chi connectivity index (χ4n) is 4.58. The summed E-state index contributed by atoms with van der Waals surface area (Å²) in [5, 5.41) is 2.10. The zero-order valence-corrected chi connectivity index (χ0v) is 18.7. The third kappa shape index (κ3) is 3.14. The molecule has 3 aromatic heterocycles. The molecule has 1 N–H and O–H groups in total. The molecule has 8 heteroatoms. The number of fused-ring (bicyclic) bond motifs is 1. The van der Waals surface area contributed by atoms with Crippen LogP contribution in [0.3, 0.4) is 0 Å². The van der Waals surface area contributed by atoms with E-state index >= 15 is 0 Å². The van der Waals surface area contributed by atoms with Crippen molar-refractivity contribution in [3.63, 3.8) is 0 Å². The average molecular weight is 426 g/mol. The van der Waals surface area contributed by atoms with Crippen molar-refractivity contribution in [2.45, 2.75) is 51.7 Å². The Hall–Kier alpha value is -2.61. The van der Waals surface area contributed by atoms with Gasteiger partial charge in [-0.05, 0) is 46.6 Å². The Morgan fingerprint density at radius 2 is 2.07 bits per heavy atom. The summed E-state index contributed by atoms with van der Waals surface area (Å²) in [7, 11) is 0. The molecule has 3 aromatic rings. The quantitative estimate of drug-likeness (QED) is 0.650. The first-order valence-electron chi connectivity index (χ1n) is 10.4. The van der Waals surface area contributed by atoms with Gasteiger partial charge >= 0.3 is 6.09 Å². The van der Waals surface area contributed by atoms with Crippen LogP contribution in [0.25, 0.3) is 21.6 Å². The lowest BCUT2D eigenvalue weighted by Gasteiger charge is -2.50. The predicted octanol–water partition coefficient (Wildman–Crippen LogP) is 4.58. The molecule has 0 bridgehead atoms. The summed E-state index contributed by atoms with van der Waals surface area (Å²) in [6.07, 6.45) is 7.53. The van der Waals surface area contributed by atoms with Crippen LogP contribution in [0, 0.1) is 6.92 Å². The fraction of sp³-hybridized carbons (Fsp3) is 0.500. The number of anilines is 1. The highest BCUT2D eigenvalue weighted by Gasteiger charge is 2.53. The fourth-order valence-corrected chi connectivity index (χ4v) is 5.37. The number of carbonyl (C=O) groups excluding carboxylic acids is 1. The second-order valence-electron chi connectivity index (χ2n) is 9.31. The zero-order valence-electron chi connectivity index (χ0n) is 17.9. The van der Waals surface area contributed by atoms with Gasteiger partial charge in [0.15, 0.2) is 0 Å². The maximum Gasteiger partial charge on any atom is 0.410 e. The summed E-state index contributed by atoms with van der Waals surface area (Å²) in [5.41, 5.74) is 2.50. The largest absolute Gasteiger partial charge is 0.444 e. The lowest BCUT2D eigenvalue weighted by atomic mass is 9.84. The van der Waals surface area contributed by atoms with Crippen molar-refractivity contribution < 1.29 is 9.53 Å². The van der Waals surface area contributed by atoms with E-state index < -0.39 is 5.60 Å². The van der Waals surface area contributed by atoms with Gasteiger partial charge in [0.05, 0.1) is 16.6 Å². The molecule has 0 aliphatic carbocycles. The van der Waals surface area contributed by atoms with Gasteiger partial charge in [0, 0.05) is 48.7 Å². The topological polar surface area (TPSA) is 74.4 Å². The number of aryl methyl sites for hydroxylation is 1. The summed E-state index contributed by atoms with van der Waals surface area (Å²) < 4.78 is 5.65. The monoisotopic (exact) mass is 425 g/mol. The lowest BCUT2D eigenvalue weighted by Crippen LogP contribution is -2.64. The number of hydrogen-bond acceptors (Lipinski definition) is 6. The van der Waals surface area contributed by atoms with Crippen LogP contribution in [0.5, 0.6) is 0 Å². The Bertz CT molecular complexity index is 1110. The Kier molecular flexibility index (Phi) is 4.32. The molecule has 0 aromatic carbocycles. The Balaban J connectivity index is 1.45. The zero-order chi connectivity index (χ0) is 21.1. The number of aromatic amines is 1. The number of likely N-dealkylation sites (tertiary alicyclic amines) is 1. The summed E-state index contributed by atoms with van der Waals surface area (Å²) in [5.74, 6) is 0. The van der Waals surface area contributed by atoms with Crippen LogP contribution < -0.4 is 4.90 Å². The first kappa shape index (κ1) is 19.4. The molecule has 2 aliphatic rings. The van der Waals surface area contributed by atoms with Crippen molar-refractivity contribution in [2.75, 3.05) is 24.5 Å². The number of amides is 1. The van der Waals surface area contributed by atoms with E-state index in [1.165, 1.54) is 4.88 Å². The van der Waals surface area contributed by atoms with Crippen LogP contribution >= 0.6 is 11.3 Å². The van der Waals surface area contributed by atoms with E-state index in [-0.39, 0.29) is 11.6 Å². The highest BCUT2D eigenvalue weighted by molar-refractivity contribution is 7.15. The number of aromatic nitrogens is 3. The van der Waals surface area contributed by atoms with Crippen molar-refractivity contribution in [1.29, 1.82) is 0 Å². The number of ether oxygens (including phenoxy) is 1. The van der Waals surface area contributed by atoms with Crippen molar-refractivity contribution >= 4 is 34.2 Å². The van der Waals surface area contributed by atoms with Gasteiger partial charge in [-0.3, -0.25) is 0 Å². The van der Waals surface area contributed by atoms with E-state index in [2.05, 4.69) is 32.8 Å². The molecule has 2 aliphatic heterocycles. The smallest absolute Gasteiger partial charge is 0.410 e. The maximum atomic E-state index is 12.7. The molecule has 1 atom stereocenters. The van der Waals surface area contributed by atoms with Crippen LogP contribution in [-0.2, 0) is 4.74 Å². The summed E-state index contributed by atoms with van der Waals surface area (Å²) >= 11 is 1.69. The number of carbonyl (C=O) groups is 1. The highest BCUT2D eigenvalue weighted by Crippen LogP contribution is 2.44. The van der Waals surface area contributed by atoms with Gasteiger partial charge in [0.1, 0.15) is 16.3 Å². The molecule has 2 saturated heterocycles. The number of hydrogen-bond donors (Lipinski definition) is 1. The standard InChI is InChI=1S/C22H27N5O2S/c1-14-11-25-19(30-14)15-12-24-18-17(15)16(5-8-23-18)26-9-6-22(13-26)7-10-27(22)20(28)29-21(2,3)4/h5,8,11-12H,6-7,9-10,13H2,1-4H3,(H,23,24). The Morgan fingerprint density at radius 3 is 2.73 bits per heavy atom. The average Bonchev–Trinajstić information content (AvgIpc) is 3.37. The second-order valence-corrected chi connectivity index (χ2v) is 10.5. The minimum absolute atomic E-state index is 0.133. The summed E-state index contributed by atoms with van der Waals surface area (Å²) in [6.45, 7) is 10.3. The predicted molar refractivity (Wildman–Crippen MR) is 119 cm³/mol. The first-order chi connectivity index (χ1) is 14.3. The molecule has 1 amide bonds. The van der Waals surface area contributed by atoms with Crippen LogP contribution in [0.4, 0.5) is 10.5 Å². The molecule has 5 rings (SSSR count). The molecular weight excluding hydrogens is 398 g/mol. The van der Waals surface area contributed by atoms with Gasteiger partial charge in [-0.15, -0.1) is 11.3 Å². The van der Waals surface area contributed by atoms with E-state index in [0.717, 1.165) is 59.8 Å². The lowest BCUT2D eigenvalue weighted by molar-refractivity contribution is -0.0362. The molecule has 7 nitrogen and oxygen atoms in total. The van der Waals surface area contributed by atoms with Crippen LogP contribution in [0.1, 0.15) is 38.5 Å². The van der Waals surface area contributed by atoms with E-state index in [1.54, 1.807) is 11.3 Å². The third-order valence-corrected chi connectivity index (χ3v) is 7.01. The maximum absolute atomic E-state index is 12.7. The SMILES string of the molecule is Cc1cnc(-c2c[nH]c3nccc(N4CCC5(CCN5C(=O)OC(C)(C)C)C4)c23)s1. The summed E-state index contributed by atoms with van der Waals surface area (Å²) in [4.78, 5) is 30.6. The molecule has 30 heavy (non-hydrogen) atoms. The Labute approximate surface area is 180 Å². The van der Waals surface area contributed by atoms with E-state index in [0.29, 0.717) is 0 Å². The highest BCUT2D eigenvalue weighted by atomic mass is 32.1. The molecule has 1 unspecified atom stereocenters. The number of pyridine rings is 1.